The first-order chi connectivity index (χ1) is 14.3. The van der Waals surface area contributed by atoms with Crippen LogP contribution in [0, 0.1) is 0 Å². The number of hydrogen-bond acceptors (Lipinski definition) is 2. The van der Waals surface area contributed by atoms with Crippen molar-refractivity contribution in [2.45, 2.75) is 19.5 Å². The maximum absolute atomic E-state index is 4.34. The van der Waals surface area contributed by atoms with E-state index in [1.54, 1.807) is 13.2 Å². The molecule has 0 saturated heterocycles. The Hall–Kier alpha value is -3.54. The molecule has 0 radical (unpaired) electrons. The summed E-state index contributed by atoms with van der Waals surface area (Å²) in [4.78, 5) is 7.67. The number of para-hydroxylation sites is 1. The summed E-state index contributed by atoms with van der Waals surface area (Å²) in [5.74, 6) is 0.808. The number of rotatable bonds is 7. The van der Waals surface area contributed by atoms with Crippen LogP contribution in [0.4, 0.5) is 0 Å². The van der Waals surface area contributed by atoms with Crippen molar-refractivity contribution in [2.75, 3.05) is 13.6 Å². The van der Waals surface area contributed by atoms with Gasteiger partial charge in [0, 0.05) is 49.6 Å². The first-order valence-corrected chi connectivity index (χ1v) is 9.86. The van der Waals surface area contributed by atoms with Gasteiger partial charge in [-0.25, -0.2) is 0 Å². The second-order valence-corrected chi connectivity index (χ2v) is 6.99. The Bertz CT molecular complexity index is 1080. The lowest BCUT2D eigenvalue weighted by Crippen LogP contribution is -2.37. The molecule has 6 heteroatoms. The van der Waals surface area contributed by atoms with Crippen molar-refractivity contribution in [3.05, 3.63) is 89.9 Å². The Morgan fingerprint density at radius 3 is 2.83 bits per heavy atom. The van der Waals surface area contributed by atoms with Gasteiger partial charge in [0.1, 0.15) is 0 Å². The molecule has 4 rings (SSSR count). The third-order valence-corrected chi connectivity index (χ3v) is 4.94. The SMILES string of the molecule is CN=C(NCCc1c[nH]c2ccccc12)NCc1cccc(Cn2cccn2)c1. The lowest BCUT2D eigenvalue weighted by atomic mass is 10.1. The summed E-state index contributed by atoms with van der Waals surface area (Å²) in [6.45, 7) is 2.32. The standard InChI is InChI=1S/C23H26N6/c1-24-23(25-12-10-20-16-26-22-9-3-2-8-21(20)22)27-15-18-6-4-7-19(14-18)17-29-13-5-11-28-29/h2-9,11,13-14,16,26H,10,12,15,17H2,1H3,(H2,24,25,27). The number of benzene rings is 2. The van der Waals surface area contributed by atoms with Gasteiger partial charge >= 0.3 is 0 Å². The molecular formula is C23H26N6. The Kier molecular flexibility index (Phi) is 5.90. The van der Waals surface area contributed by atoms with Gasteiger partial charge in [-0.1, -0.05) is 42.5 Å². The highest BCUT2D eigenvalue weighted by Gasteiger charge is 2.04. The summed E-state index contributed by atoms with van der Waals surface area (Å²) in [7, 11) is 1.80. The number of aromatic nitrogens is 3. The number of aromatic amines is 1. The molecule has 0 aliphatic heterocycles. The van der Waals surface area contributed by atoms with Gasteiger partial charge in [0.25, 0.3) is 0 Å². The van der Waals surface area contributed by atoms with E-state index in [1.165, 1.54) is 27.6 Å². The second kappa shape index (κ2) is 9.10. The Balaban J connectivity index is 1.28. The third-order valence-electron chi connectivity index (χ3n) is 4.94. The Morgan fingerprint density at radius 1 is 1.07 bits per heavy atom. The topological polar surface area (TPSA) is 70.0 Å². The number of nitrogens with zero attached hydrogens (tertiary/aromatic N) is 3. The molecule has 2 aromatic heterocycles. The number of aliphatic imine (C=N–C) groups is 1. The molecule has 0 aliphatic carbocycles. The number of nitrogens with one attached hydrogen (secondary N) is 3. The minimum atomic E-state index is 0.722. The zero-order valence-corrected chi connectivity index (χ0v) is 16.6. The van der Waals surface area contributed by atoms with Crippen molar-refractivity contribution < 1.29 is 0 Å². The zero-order valence-electron chi connectivity index (χ0n) is 16.6. The summed E-state index contributed by atoms with van der Waals surface area (Å²) >= 11 is 0. The van der Waals surface area contributed by atoms with Crippen LogP contribution in [0.3, 0.4) is 0 Å². The van der Waals surface area contributed by atoms with Gasteiger partial charge in [0.2, 0.25) is 0 Å². The van der Waals surface area contributed by atoms with Crippen LogP contribution in [0.5, 0.6) is 0 Å². The van der Waals surface area contributed by atoms with Gasteiger partial charge in [-0.3, -0.25) is 9.67 Å². The lowest BCUT2D eigenvalue weighted by molar-refractivity contribution is 0.685. The van der Waals surface area contributed by atoms with Gasteiger partial charge < -0.3 is 15.6 Å². The van der Waals surface area contributed by atoms with Crippen LogP contribution in [-0.2, 0) is 19.5 Å². The molecule has 2 heterocycles. The molecule has 4 aromatic rings. The van der Waals surface area contributed by atoms with Crippen LogP contribution in [0.1, 0.15) is 16.7 Å². The highest BCUT2D eigenvalue weighted by atomic mass is 15.3. The second-order valence-electron chi connectivity index (χ2n) is 6.99. The van der Waals surface area contributed by atoms with Gasteiger partial charge in [0.15, 0.2) is 5.96 Å². The number of H-pyrrole nitrogens is 1. The summed E-state index contributed by atoms with van der Waals surface area (Å²) < 4.78 is 1.93. The lowest BCUT2D eigenvalue weighted by Gasteiger charge is -2.12. The van der Waals surface area contributed by atoms with Crippen molar-refractivity contribution in [3.8, 4) is 0 Å². The Labute approximate surface area is 170 Å². The molecule has 0 aliphatic rings. The molecule has 29 heavy (non-hydrogen) atoms. The molecule has 0 unspecified atom stereocenters. The molecule has 0 atom stereocenters. The van der Waals surface area contributed by atoms with E-state index in [4.69, 9.17) is 0 Å². The molecule has 3 N–H and O–H groups in total. The monoisotopic (exact) mass is 386 g/mol. The molecule has 0 saturated carbocycles. The minimum absolute atomic E-state index is 0.722. The molecule has 0 spiro atoms. The third kappa shape index (κ3) is 4.85. The number of hydrogen-bond donors (Lipinski definition) is 3. The number of fused-ring (bicyclic) bond motifs is 1. The van der Waals surface area contributed by atoms with E-state index < -0.39 is 0 Å². The van der Waals surface area contributed by atoms with Gasteiger partial charge in [-0.05, 0) is 35.2 Å². The summed E-state index contributed by atoms with van der Waals surface area (Å²) in [5, 5.41) is 12.4. The maximum Gasteiger partial charge on any atom is 0.191 e. The molecule has 6 nitrogen and oxygen atoms in total. The van der Waals surface area contributed by atoms with E-state index in [1.807, 2.05) is 16.9 Å². The average Bonchev–Trinajstić information content (AvgIpc) is 3.41. The zero-order chi connectivity index (χ0) is 19.9. The van der Waals surface area contributed by atoms with Crippen molar-refractivity contribution in [1.29, 1.82) is 0 Å². The Morgan fingerprint density at radius 2 is 1.97 bits per heavy atom. The van der Waals surface area contributed by atoms with E-state index in [-0.39, 0.29) is 0 Å². The van der Waals surface area contributed by atoms with E-state index >= 15 is 0 Å². The molecule has 0 fully saturated rings. The van der Waals surface area contributed by atoms with Crippen LogP contribution in [0.2, 0.25) is 0 Å². The minimum Gasteiger partial charge on any atom is -0.361 e. The summed E-state index contributed by atoms with van der Waals surface area (Å²) in [5.41, 5.74) is 4.94. The maximum atomic E-state index is 4.34. The molecule has 148 valence electrons. The van der Waals surface area contributed by atoms with Crippen molar-refractivity contribution in [3.63, 3.8) is 0 Å². The van der Waals surface area contributed by atoms with Crippen LogP contribution in [-0.4, -0.2) is 34.3 Å². The fraction of sp³-hybridized carbons (Fsp3) is 0.217. The average molecular weight is 387 g/mol. The van der Waals surface area contributed by atoms with Gasteiger partial charge in [-0.15, -0.1) is 0 Å². The molecule has 0 bridgehead atoms. The first-order valence-electron chi connectivity index (χ1n) is 9.86. The smallest absolute Gasteiger partial charge is 0.191 e. The van der Waals surface area contributed by atoms with E-state index in [0.29, 0.717) is 0 Å². The highest BCUT2D eigenvalue weighted by molar-refractivity contribution is 5.83. The van der Waals surface area contributed by atoms with Crippen molar-refractivity contribution in [1.82, 2.24) is 25.4 Å². The molecule has 2 aromatic carbocycles. The normalized spacial score (nSPS) is 11.7. The van der Waals surface area contributed by atoms with Crippen LogP contribution < -0.4 is 10.6 Å². The van der Waals surface area contributed by atoms with Crippen LogP contribution >= 0.6 is 0 Å². The predicted molar refractivity (Wildman–Crippen MR) is 118 cm³/mol. The van der Waals surface area contributed by atoms with E-state index in [0.717, 1.165) is 32.0 Å². The van der Waals surface area contributed by atoms with Crippen LogP contribution in [0.25, 0.3) is 10.9 Å². The first kappa shape index (κ1) is 18.8. The predicted octanol–water partition coefficient (Wildman–Crippen LogP) is 3.32. The summed E-state index contributed by atoms with van der Waals surface area (Å²) in [6, 6.07) is 18.9. The fourth-order valence-corrected chi connectivity index (χ4v) is 3.48. The van der Waals surface area contributed by atoms with Gasteiger partial charge in [0.05, 0.1) is 6.54 Å². The summed E-state index contributed by atoms with van der Waals surface area (Å²) in [6.07, 6.45) is 6.81. The van der Waals surface area contributed by atoms with Crippen LogP contribution in [0.15, 0.2) is 78.2 Å². The van der Waals surface area contributed by atoms with E-state index in [9.17, 15) is 0 Å². The molecular weight excluding hydrogens is 360 g/mol. The highest BCUT2D eigenvalue weighted by Crippen LogP contribution is 2.17. The van der Waals surface area contributed by atoms with Crippen molar-refractivity contribution >= 4 is 16.9 Å². The molecule has 0 amide bonds. The van der Waals surface area contributed by atoms with E-state index in [2.05, 4.69) is 80.4 Å². The largest absolute Gasteiger partial charge is 0.361 e. The van der Waals surface area contributed by atoms with Crippen molar-refractivity contribution in [2.24, 2.45) is 4.99 Å². The quantitative estimate of drug-likeness (QED) is 0.337. The van der Waals surface area contributed by atoms with Gasteiger partial charge in [-0.2, -0.15) is 5.10 Å². The fourth-order valence-electron chi connectivity index (χ4n) is 3.48. The number of guanidine groups is 1.